The molecule has 0 radical (unpaired) electrons. The van der Waals surface area contributed by atoms with Crippen LogP contribution in [-0.4, -0.2) is 24.7 Å². The molecule has 2 nitrogen and oxygen atoms in total. The van der Waals surface area contributed by atoms with E-state index in [-0.39, 0.29) is 0 Å². The third-order valence-electron chi connectivity index (χ3n) is 3.22. The van der Waals surface area contributed by atoms with Crippen LogP contribution in [0.5, 0.6) is 0 Å². The average molecular weight is 251 g/mol. The number of thioether (sulfide) groups is 1. The molecular formula is C14H21NOS. The summed E-state index contributed by atoms with van der Waals surface area (Å²) in [7, 11) is 1.75. The van der Waals surface area contributed by atoms with E-state index >= 15 is 0 Å². The smallest absolute Gasteiger partial charge is 0.0716 e. The van der Waals surface area contributed by atoms with Crippen LogP contribution in [0.25, 0.3) is 0 Å². The largest absolute Gasteiger partial charge is 0.380 e. The Morgan fingerprint density at radius 3 is 2.65 bits per heavy atom. The van der Waals surface area contributed by atoms with E-state index in [1.807, 2.05) is 0 Å². The SMILES string of the molecule is COCc1ccccc1CNC1CCSCC1. The molecule has 0 amide bonds. The maximum atomic E-state index is 5.23. The molecule has 0 saturated carbocycles. The summed E-state index contributed by atoms with van der Waals surface area (Å²) in [6, 6.07) is 9.23. The summed E-state index contributed by atoms with van der Waals surface area (Å²) in [5, 5.41) is 3.67. The number of ether oxygens (including phenoxy) is 1. The molecule has 0 aliphatic carbocycles. The van der Waals surface area contributed by atoms with E-state index in [0.717, 1.165) is 6.54 Å². The second-order valence-electron chi connectivity index (χ2n) is 4.47. The van der Waals surface area contributed by atoms with Crippen molar-refractivity contribution in [2.45, 2.75) is 32.0 Å². The molecule has 0 spiro atoms. The Balaban J connectivity index is 1.88. The zero-order valence-electron chi connectivity index (χ0n) is 10.4. The molecule has 1 fully saturated rings. The molecule has 1 aromatic carbocycles. The maximum Gasteiger partial charge on any atom is 0.0716 e. The van der Waals surface area contributed by atoms with Crippen molar-refractivity contribution in [3.8, 4) is 0 Å². The molecule has 1 N–H and O–H groups in total. The van der Waals surface area contributed by atoms with Gasteiger partial charge in [0.05, 0.1) is 6.61 Å². The lowest BCUT2D eigenvalue weighted by Crippen LogP contribution is -2.32. The lowest BCUT2D eigenvalue weighted by atomic mass is 10.1. The van der Waals surface area contributed by atoms with Crippen LogP contribution in [0.2, 0.25) is 0 Å². The van der Waals surface area contributed by atoms with Gasteiger partial charge in [-0.1, -0.05) is 24.3 Å². The van der Waals surface area contributed by atoms with Crippen LogP contribution in [-0.2, 0) is 17.9 Å². The molecule has 2 rings (SSSR count). The molecule has 94 valence electrons. The Morgan fingerprint density at radius 2 is 1.94 bits per heavy atom. The van der Waals surface area contributed by atoms with Gasteiger partial charge in [0.25, 0.3) is 0 Å². The van der Waals surface area contributed by atoms with Crippen molar-refractivity contribution in [1.82, 2.24) is 5.32 Å². The Kier molecular flexibility index (Phi) is 5.36. The van der Waals surface area contributed by atoms with Gasteiger partial charge >= 0.3 is 0 Å². The summed E-state index contributed by atoms with van der Waals surface area (Å²) in [6.07, 6.45) is 2.61. The minimum Gasteiger partial charge on any atom is -0.380 e. The molecule has 0 atom stereocenters. The summed E-state index contributed by atoms with van der Waals surface area (Å²) in [5.74, 6) is 2.61. The summed E-state index contributed by atoms with van der Waals surface area (Å²) in [5.41, 5.74) is 2.67. The van der Waals surface area contributed by atoms with Crippen molar-refractivity contribution in [2.75, 3.05) is 18.6 Å². The van der Waals surface area contributed by atoms with Crippen LogP contribution in [0.3, 0.4) is 0 Å². The number of rotatable bonds is 5. The highest BCUT2D eigenvalue weighted by atomic mass is 32.2. The predicted octanol–water partition coefficient (Wildman–Crippen LogP) is 2.82. The average Bonchev–Trinajstić information content (AvgIpc) is 2.39. The fourth-order valence-electron chi connectivity index (χ4n) is 2.18. The first-order valence-electron chi connectivity index (χ1n) is 6.27. The third kappa shape index (κ3) is 4.02. The topological polar surface area (TPSA) is 21.3 Å². The van der Waals surface area contributed by atoms with Crippen LogP contribution in [0.4, 0.5) is 0 Å². The first-order valence-corrected chi connectivity index (χ1v) is 7.42. The van der Waals surface area contributed by atoms with Gasteiger partial charge in [0.1, 0.15) is 0 Å². The fourth-order valence-corrected chi connectivity index (χ4v) is 3.29. The summed E-state index contributed by atoms with van der Waals surface area (Å²) < 4.78 is 5.23. The highest BCUT2D eigenvalue weighted by molar-refractivity contribution is 7.99. The normalized spacial score (nSPS) is 17.2. The zero-order valence-corrected chi connectivity index (χ0v) is 11.3. The van der Waals surface area contributed by atoms with Gasteiger partial charge < -0.3 is 10.1 Å². The monoisotopic (exact) mass is 251 g/mol. The molecule has 1 aliphatic rings. The van der Waals surface area contributed by atoms with Gasteiger partial charge in [-0.3, -0.25) is 0 Å². The molecule has 1 saturated heterocycles. The predicted molar refractivity (Wildman–Crippen MR) is 74.3 cm³/mol. The van der Waals surface area contributed by atoms with Gasteiger partial charge in [-0.25, -0.2) is 0 Å². The van der Waals surface area contributed by atoms with E-state index in [1.165, 1.54) is 35.5 Å². The van der Waals surface area contributed by atoms with E-state index in [1.54, 1.807) is 7.11 Å². The van der Waals surface area contributed by atoms with Crippen molar-refractivity contribution in [3.63, 3.8) is 0 Å². The molecular weight excluding hydrogens is 230 g/mol. The molecule has 3 heteroatoms. The minimum absolute atomic E-state index is 0.701. The van der Waals surface area contributed by atoms with Crippen molar-refractivity contribution >= 4 is 11.8 Å². The quantitative estimate of drug-likeness (QED) is 0.869. The molecule has 0 unspecified atom stereocenters. The minimum atomic E-state index is 0.701. The van der Waals surface area contributed by atoms with Crippen molar-refractivity contribution in [1.29, 1.82) is 0 Å². The Bertz CT molecular complexity index is 337. The van der Waals surface area contributed by atoms with Gasteiger partial charge in [0.15, 0.2) is 0 Å². The second kappa shape index (κ2) is 7.04. The molecule has 0 aromatic heterocycles. The number of methoxy groups -OCH3 is 1. The van der Waals surface area contributed by atoms with Crippen molar-refractivity contribution < 1.29 is 4.74 Å². The lowest BCUT2D eigenvalue weighted by molar-refractivity contribution is 0.184. The van der Waals surface area contributed by atoms with E-state index in [0.29, 0.717) is 12.6 Å². The van der Waals surface area contributed by atoms with Crippen LogP contribution < -0.4 is 5.32 Å². The lowest BCUT2D eigenvalue weighted by Gasteiger charge is -2.23. The van der Waals surface area contributed by atoms with Crippen LogP contribution in [0, 0.1) is 0 Å². The zero-order chi connectivity index (χ0) is 11.9. The van der Waals surface area contributed by atoms with Gasteiger partial charge in [-0.15, -0.1) is 0 Å². The molecule has 1 aromatic rings. The molecule has 17 heavy (non-hydrogen) atoms. The second-order valence-corrected chi connectivity index (χ2v) is 5.69. The standard InChI is InChI=1S/C14H21NOS/c1-16-11-13-5-3-2-4-12(13)10-15-14-6-8-17-9-7-14/h2-5,14-15H,6-11H2,1H3. The van der Waals surface area contributed by atoms with E-state index in [9.17, 15) is 0 Å². The molecule has 1 aliphatic heterocycles. The summed E-state index contributed by atoms with van der Waals surface area (Å²) >= 11 is 2.07. The number of hydrogen-bond donors (Lipinski definition) is 1. The van der Waals surface area contributed by atoms with Crippen LogP contribution in [0.1, 0.15) is 24.0 Å². The third-order valence-corrected chi connectivity index (χ3v) is 4.27. The van der Waals surface area contributed by atoms with Gasteiger partial charge in [-0.2, -0.15) is 11.8 Å². The van der Waals surface area contributed by atoms with E-state index in [4.69, 9.17) is 4.74 Å². The van der Waals surface area contributed by atoms with Gasteiger partial charge in [0, 0.05) is 19.7 Å². The van der Waals surface area contributed by atoms with Crippen LogP contribution in [0.15, 0.2) is 24.3 Å². The Morgan fingerprint density at radius 1 is 1.24 bits per heavy atom. The Labute approximate surface area is 108 Å². The first kappa shape index (κ1) is 12.9. The van der Waals surface area contributed by atoms with E-state index < -0.39 is 0 Å². The number of benzene rings is 1. The number of nitrogens with one attached hydrogen (secondary N) is 1. The Hall–Kier alpha value is -0.510. The summed E-state index contributed by atoms with van der Waals surface area (Å²) in [4.78, 5) is 0. The van der Waals surface area contributed by atoms with E-state index in [2.05, 4.69) is 41.3 Å². The fraction of sp³-hybridized carbons (Fsp3) is 0.571. The highest BCUT2D eigenvalue weighted by Gasteiger charge is 2.13. The highest BCUT2D eigenvalue weighted by Crippen LogP contribution is 2.18. The maximum absolute atomic E-state index is 5.23. The van der Waals surface area contributed by atoms with Crippen molar-refractivity contribution in [2.24, 2.45) is 0 Å². The first-order chi connectivity index (χ1) is 8.40. The van der Waals surface area contributed by atoms with Gasteiger partial charge in [0.2, 0.25) is 0 Å². The molecule has 0 bridgehead atoms. The van der Waals surface area contributed by atoms with Crippen LogP contribution >= 0.6 is 11.8 Å². The number of hydrogen-bond acceptors (Lipinski definition) is 3. The van der Waals surface area contributed by atoms with Crippen molar-refractivity contribution in [3.05, 3.63) is 35.4 Å². The molecule has 1 heterocycles. The summed E-state index contributed by atoms with van der Waals surface area (Å²) in [6.45, 7) is 1.67. The van der Waals surface area contributed by atoms with Gasteiger partial charge in [-0.05, 0) is 35.5 Å².